The van der Waals surface area contributed by atoms with Gasteiger partial charge in [-0.15, -0.1) is 11.3 Å². The number of oxazole rings is 1. The van der Waals surface area contributed by atoms with E-state index in [1.807, 2.05) is 24.3 Å². The van der Waals surface area contributed by atoms with Gasteiger partial charge in [0.15, 0.2) is 5.58 Å². The highest BCUT2D eigenvalue weighted by Gasteiger charge is 2.19. The van der Waals surface area contributed by atoms with E-state index < -0.39 is 0 Å². The Kier molecular flexibility index (Phi) is 4.91. The molecule has 4 nitrogen and oxygen atoms in total. The number of nitrogens with one attached hydrogen (secondary N) is 1. The number of rotatable bonds is 3. The molecule has 0 spiro atoms. The average Bonchev–Trinajstić information content (AvgIpc) is 3.30. The Hall–Kier alpha value is -2.57. The molecule has 2 aromatic heterocycles. The highest BCUT2D eigenvalue weighted by Crippen LogP contribution is 2.38. The topological polar surface area (TPSA) is 55.1 Å². The number of hydrogen-bond acceptors (Lipinski definition) is 4. The Labute approximate surface area is 190 Å². The summed E-state index contributed by atoms with van der Waals surface area (Å²) in [4.78, 5) is 17.8. The van der Waals surface area contributed by atoms with E-state index in [9.17, 15) is 4.79 Å². The minimum Gasteiger partial charge on any atom is -0.436 e. The first-order chi connectivity index (χ1) is 14.5. The van der Waals surface area contributed by atoms with Crippen molar-refractivity contribution in [1.29, 1.82) is 0 Å². The standard InChI is InChI=1S/C22H11Cl3N2O2S/c23-12-6-7-13-18(10-12)30-20(19(13)25)21(28)26-16-9-11(5-8-14(16)24)22-27-15-3-1-2-4-17(15)29-22/h1-10H,(H,26,28). The summed E-state index contributed by atoms with van der Waals surface area (Å²) >= 11 is 20.1. The van der Waals surface area contributed by atoms with E-state index in [1.165, 1.54) is 11.3 Å². The Balaban J connectivity index is 1.49. The Morgan fingerprint density at radius 2 is 1.83 bits per heavy atom. The van der Waals surface area contributed by atoms with Gasteiger partial charge >= 0.3 is 0 Å². The zero-order chi connectivity index (χ0) is 20.8. The van der Waals surface area contributed by atoms with Gasteiger partial charge in [-0.2, -0.15) is 0 Å². The van der Waals surface area contributed by atoms with Crippen LogP contribution >= 0.6 is 46.1 Å². The highest BCUT2D eigenvalue weighted by atomic mass is 35.5. The molecule has 0 fully saturated rings. The van der Waals surface area contributed by atoms with E-state index in [2.05, 4.69) is 10.3 Å². The van der Waals surface area contributed by atoms with Crippen molar-refractivity contribution in [2.75, 3.05) is 5.32 Å². The van der Waals surface area contributed by atoms with Crippen LogP contribution in [0.15, 0.2) is 65.1 Å². The van der Waals surface area contributed by atoms with Gasteiger partial charge in [0, 0.05) is 20.7 Å². The van der Waals surface area contributed by atoms with Crippen molar-refractivity contribution < 1.29 is 9.21 Å². The molecule has 148 valence electrons. The number of halogens is 3. The van der Waals surface area contributed by atoms with E-state index in [1.54, 1.807) is 36.4 Å². The van der Waals surface area contributed by atoms with Crippen molar-refractivity contribution in [3.05, 3.63) is 80.6 Å². The van der Waals surface area contributed by atoms with Crippen LogP contribution in [0.25, 0.3) is 32.6 Å². The fourth-order valence-electron chi connectivity index (χ4n) is 3.11. The number of carbonyl (C=O) groups excluding carboxylic acids is 1. The second-order valence-electron chi connectivity index (χ2n) is 6.52. The minimum absolute atomic E-state index is 0.353. The molecule has 2 heterocycles. The maximum absolute atomic E-state index is 12.9. The van der Waals surface area contributed by atoms with Crippen LogP contribution in [0.5, 0.6) is 0 Å². The Morgan fingerprint density at radius 3 is 2.67 bits per heavy atom. The van der Waals surface area contributed by atoms with Gasteiger partial charge in [-0.3, -0.25) is 4.79 Å². The summed E-state index contributed by atoms with van der Waals surface area (Å²) in [7, 11) is 0. The van der Waals surface area contributed by atoms with Gasteiger partial charge < -0.3 is 9.73 Å². The first-order valence-corrected chi connectivity index (χ1v) is 10.8. The van der Waals surface area contributed by atoms with Crippen LogP contribution < -0.4 is 5.32 Å². The van der Waals surface area contributed by atoms with Crippen LogP contribution in [0.3, 0.4) is 0 Å². The van der Waals surface area contributed by atoms with Gasteiger partial charge in [0.05, 0.1) is 15.7 Å². The number of aromatic nitrogens is 1. The molecule has 3 aromatic carbocycles. The van der Waals surface area contributed by atoms with Crippen LogP contribution in [0.4, 0.5) is 5.69 Å². The SMILES string of the molecule is O=C(Nc1cc(-c2nc3ccccc3o2)ccc1Cl)c1sc2cc(Cl)ccc2c1Cl. The first-order valence-electron chi connectivity index (χ1n) is 8.84. The molecule has 0 aliphatic heterocycles. The molecular weight excluding hydrogens is 463 g/mol. The van der Waals surface area contributed by atoms with E-state index in [0.717, 1.165) is 15.6 Å². The van der Waals surface area contributed by atoms with Crippen molar-refractivity contribution >= 4 is 78.9 Å². The lowest BCUT2D eigenvalue weighted by molar-refractivity contribution is 0.103. The van der Waals surface area contributed by atoms with Crippen LogP contribution in [0, 0.1) is 0 Å². The number of anilines is 1. The van der Waals surface area contributed by atoms with Gasteiger partial charge in [-0.1, -0.05) is 53.0 Å². The smallest absolute Gasteiger partial charge is 0.267 e. The molecule has 0 bridgehead atoms. The molecule has 0 aliphatic carbocycles. The molecule has 0 saturated heterocycles. The predicted octanol–water partition coefficient (Wildman–Crippen LogP) is 7.92. The molecule has 5 rings (SSSR count). The van der Waals surface area contributed by atoms with Crippen molar-refractivity contribution in [2.45, 2.75) is 0 Å². The fraction of sp³-hybridized carbons (Fsp3) is 0. The minimum atomic E-state index is -0.353. The van der Waals surface area contributed by atoms with E-state index >= 15 is 0 Å². The summed E-state index contributed by atoms with van der Waals surface area (Å²) < 4.78 is 6.65. The summed E-state index contributed by atoms with van der Waals surface area (Å²) in [6.07, 6.45) is 0. The van der Waals surface area contributed by atoms with Crippen molar-refractivity contribution in [1.82, 2.24) is 4.98 Å². The largest absolute Gasteiger partial charge is 0.436 e. The zero-order valence-corrected chi connectivity index (χ0v) is 18.2. The van der Waals surface area contributed by atoms with Gasteiger partial charge in [0.1, 0.15) is 10.4 Å². The Bertz CT molecular complexity index is 1410. The van der Waals surface area contributed by atoms with Crippen molar-refractivity contribution in [2.24, 2.45) is 0 Å². The summed E-state index contributed by atoms with van der Waals surface area (Å²) in [6.45, 7) is 0. The molecule has 8 heteroatoms. The van der Waals surface area contributed by atoms with E-state index in [0.29, 0.717) is 42.7 Å². The quantitative estimate of drug-likeness (QED) is 0.289. The number of fused-ring (bicyclic) bond motifs is 2. The summed E-state index contributed by atoms with van der Waals surface area (Å²) in [5.41, 5.74) is 2.57. The number of benzene rings is 3. The normalized spacial score (nSPS) is 11.3. The lowest BCUT2D eigenvalue weighted by atomic mass is 10.2. The lowest BCUT2D eigenvalue weighted by Gasteiger charge is -2.08. The molecule has 1 amide bonds. The molecule has 5 aromatic rings. The van der Waals surface area contributed by atoms with E-state index in [4.69, 9.17) is 39.2 Å². The second-order valence-corrected chi connectivity index (χ2v) is 8.79. The third-order valence-electron chi connectivity index (χ3n) is 4.55. The van der Waals surface area contributed by atoms with Crippen LogP contribution in [-0.4, -0.2) is 10.9 Å². The fourth-order valence-corrected chi connectivity index (χ4v) is 4.97. The molecule has 30 heavy (non-hydrogen) atoms. The highest BCUT2D eigenvalue weighted by molar-refractivity contribution is 7.21. The molecular formula is C22H11Cl3N2O2S. The molecule has 1 N–H and O–H groups in total. The number of nitrogens with zero attached hydrogens (tertiary/aromatic N) is 1. The third kappa shape index (κ3) is 3.44. The molecule has 0 radical (unpaired) electrons. The average molecular weight is 474 g/mol. The summed E-state index contributed by atoms with van der Waals surface area (Å²) in [5, 5.41) is 4.98. The van der Waals surface area contributed by atoms with Crippen molar-refractivity contribution in [3.63, 3.8) is 0 Å². The number of thiophene rings is 1. The van der Waals surface area contributed by atoms with Gasteiger partial charge in [-0.05, 0) is 42.5 Å². The van der Waals surface area contributed by atoms with Crippen LogP contribution in [0.2, 0.25) is 15.1 Å². The number of para-hydroxylation sites is 2. The molecule has 0 atom stereocenters. The van der Waals surface area contributed by atoms with Gasteiger partial charge in [-0.25, -0.2) is 4.98 Å². The van der Waals surface area contributed by atoms with Crippen LogP contribution in [-0.2, 0) is 0 Å². The predicted molar refractivity (Wildman–Crippen MR) is 124 cm³/mol. The first kappa shape index (κ1) is 19.4. The Morgan fingerprint density at radius 1 is 1.00 bits per heavy atom. The molecule has 0 aliphatic rings. The number of carbonyl (C=O) groups is 1. The number of amides is 1. The van der Waals surface area contributed by atoms with Gasteiger partial charge in [0.25, 0.3) is 5.91 Å². The summed E-state index contributed by atoms with van der Waals surface area (Å²) in [6, 6.07) is 18.0. The maximum atomic E-state index is 12.9. The molecule has 0 saturated carbocycles. The summed E-state index contributed by atoms with van der Waals surface area (Å²) in [5.74, 6) is 0.0897. The second kappa shape index (κ2) is 7.60. The molecule has 0 unspecified atom stereocenters. The lowest BCUT2D eigenvalue weighted by Crippen LogP contribution is -2.11. The third-order valence-corrected chi connectivity index (χ3v) is 6.77. The monoisotopic (exact) mass is 472 g/mol. The number of hydrogen-bond donors (Lipinski definition) is 1. The van der Waals surface area contributed by atoms with Crippen molar-refractivity contribution in [3.8, 4) is 11.5 Å². The van der Waals surface area contributed by atoms with Gasteiger partial charge in [0.2, 0.25) is 5.89 Å². The van der Waals surface area contributed by atoms with Crippen LogP contribution in [0.1, 0.15) is 9.67 Å². The zero-order valence-electron chi connectivity index (χ0n) is 15.1. The maximum Gasteiger partial charge on any atom is 0.267 e. The van der Waals surface area contributed by atoms with E-state index in [-0.39, 0.29) is 5.91 Å².